The Bertz CT molecular complexity index is 96.2. The van der Waals surface area contributed by atoms with Crippen LogP contribution in [-0.2, 0) is 0 Å². The minimum atomic E-state index is -0.747. The maximum Gasteiger partial charge on any atom is 0.0489 e. The van der Waals surface area contributed by atoms with Gasteiger partial charge < -0.3 is 0 Å². The zero-order valence-corrected chi connectivity index (χ0v) is 11.8. The van der Waals surface area contributed by atoms with Gasteiger partial charge in [-0.05, 0) is 11.6 Å². The quantitative estimate of drug-likeness (QED) is 0.485. The lowest BCUT2D eigenvalue weighted by atomic mass is 11.7. The molecule has 0 nitrogen and oxygen atoms in total. The number of rotatable bonds is 4. The van der Waals surface area contributed by atoms with Crippen LogP contribution in [0, 0.1) is 0 Å². The van der Waals surface area contributed by atoms with Crippen LogP contribution in [0.2, 0.25) is 39.3 Å². The first-order valence-corrected chi connectivity index (χ1v) is 13.0. The van der Waals surface area contributed by atoms with Gasteiger partial charge in [0.25, 0.3) is 0 Å². The largest absolute Gasteiger partial charge is 0.0870 e. The summed E-state index contributed by atoms with van der Waals surface area (Å²) < 4.78 is 0. The average Bonchev–Trinajstić information content (AvgIpc) is 1.55. The first kappa shape index (κ1) is 11.9. The molecule has 67 valence electrons. The van der Waals surface area contributed by atoms with Crippen molar-refractivity contribution in [3.63, 3.8) is 0 Å². The van der Waals surface area contributed by atoms with Crippen molar-refractivity contribution < 1.29 is 0 Å². The lowest BCUT2D eigenvalue weighted by molar-refractivity contribution is 1.63. The normalized spacial score (nSPS) is 13.6. The molecule has 0 heterocycles. The van der Waals surface area contributed by atoms with Gasteiger partial charge in [0.2, 0.25) is 0 Å². The Morgan fingerprint density at radius 1 is 0.727 bits per heavy atom. The molecule has 0 aliphatic carbocycles. The van der Waals surface area contributed by atoms with Crippen molar-refractivity contribution in [1.29, 1.82) is 0 Å². The zero-order chi connectivity index (χ0) is 9.12. The van der Waals surface area contributed by atoms with Crippen LogP contribution in [0.1, 0.15) is 0 Å². The van der Waals surface area contributed by atoms with Crippen LogP contribution in [0.3, 0.4) is 0 Å². The summed E-state index contributed by atoms with van der Waals surface area (Å²) in [6, 6.07) is 0. The molecule has 0 unspecified atom stereocenters. The topological polar surface area (TPSA) is 0 Å². The molecule has 0 rings (SSSR count). The van der Waals surface area contributed by atoms with Gasteiger partial charge in [-0.3, -0.25) is 0 Å². The van der Waals surface area contributed by atoms with E-state index in [9.17, 15) is 0 Å². The maximum absolute atomic E-state index is 2.46. The summed E-state index contributed by atoms with van der Waals surface area (Å²) in [7, 11) is 0.230. The van der Waals surface area contributed by atoms with Crippen molar-refractivity contribution in [2.75, 3.05) is 11.6 Å². The van der Waals surface area contributed by atoms with Gasteiger partial charge in [-0.15, -0.1) is 0 Å². The first-order chi connectivity index (χ1) is 4.71. The van der Waals surface area contributed by atoms with E-state index in [1.165, 1.54) is 11.6 Å². The van der Waals surface area contributed by atoms with E-state index in [0.29, 0.717) is 0 Å². The van der Waals surface area contributed by atoms with Gasteiger partial charge in [0.05, 0.1) is 0 Å². The fraction of sp³-hybridized carbons (Fsp3) is 1.00. The molecule has 0 N–H and O–H groups in total. The molecule has 0 fully saturated rings. The summed E-state index contributed by atoms with van der Waals surface area (Å²) in [6.45, 7) is 14.8. The standard InChI is InChI=1S/C8H22PSi2/c1-10(2,3)7-9-8-11(4,5)6/h7-8H2,1-6H3. The fourth-order valence-corrected chi connectivity index (χ4v) is 7.55. The van der Waals surface area contributed by atoms with Crippen LogP contribution < -0.4 is 0 Å². The Labute approximate surface area is 76.0 Å². The van der Waals surface area contributed by atoms with E-state index in [-0.39, 0.29) is 0 Å². The molecular weight excluding hydrogens is 183 g/mol. The van der Waals surface area contributed by atoms with Gasteiger partial charge in [0, 0.05) is 16.1 Å². The van der Waals surface area contributed by atoms with Gasteiger partial charge in [0.15, 0.2) is 0 Å². The lowest BCUT2D eigenvalue weighted by Gasteiger charge is -2.19. The van der Waals surface area contributed by atoms with Crippen LogP contribution in [0.4, 0.5) is 0 Å². The Morgan fingerprint density at radius 2 is 1.00 bits per heavy atom. The summed E-state index contributed by atoms with van der Waals surface area (Å²) in [5.41, 5.74) is 0. The highest BCUT2D eigenvalue weighted by Gasteiger charge is 2.17. The molecule has 0 bridgehead atoms. The van der Waals surface area contributed by atoms with Crippen molar-refractivity contribution >= 4 is 24.7 Å². The average molecular weight is 205 g/mol. The highest BCUT2D eigenvalue weighted by Crippen LogP contribution is 2.21. The minimum Gasteiger partial charge on any atom is -0.0870 e. The SMILES string of the molecule is C[Si](C)(C)C[P]C[Si](C)(C)C. The fourth-order valence-electron chi connectivity index (χ4n) is 0.727. The molecule has 0 aromatic rings. The van der Waals surface area contributed by atoms with Crippen LogP contribution >= 0.6 is 8.58 Å². The summed E-state index contributed by atoms with van der Waals surface area (Å²) in [6.07, 6.45) is 0. The van der Waals surface area contributed by atoms with Crippen molar-refractivity contribution in [2.45, 2.75) is 39.3 Å². The predicted molar refractivity (Wildman–Crippen MR) is 63.3 cm³/mol. The molecule has 0 saturated heterocycles. The minimum absolute atomic E-state index is 0.747. The van der Waals surface area contributed by atoms with Crippen molar-refractivity contribution in [3.8, 4) is 0 Å². The molecule has 0 saturated carbocycles. The molecule has 0 amide bonds. The second-order valence-electron chi connectivity index (χ2n) is 5.66. The zero-order valence-electron chi connectivity index (χ0n) is 8.86. The van der Waals surface area contributed by atoms with Gasteiger partial charge in [-0.1, -0.05) is 47.9 Å². The first-order valence-electron chi connectivity index (χ1n) is 4.34. The smallest absolute Gasteiger partial charge is 0.0489 e. The van der Waals surface area contributed by atoms with Crippen LogP contribution in [0.25, 0.3) is 0 Å². The van der Waals surface area contributed by atoms with Crippen molar-refractivity contribution in [2.24, 2.45) is 0 Å². The van der Waals surface area contributed by atoms with Gasteiger partial charge in [0.1, 0.15) is 0 Å². The van der Waals surface area contributed by atoms with E-state index in [1.54, 1.807) is 8.58 Å². The molecule has 11 heavy (non-hydrogen) atoms. The van der Waals surface area contributed by atoms with E-state index in [0.717, 1.165) is 0 Å². The van der Waals surface area contributed by atoms with Crippen molar-refractivity contribution in [3.05, 3.63) is 0 Å². The van der Waals surface area contributed by atoms with E-state index < -0.39 is 16.1 Å². The molecule has 3 heteroatoms. The monoisotopic (exact) mass is 205 g/mol. The molecule has 0 aliphatic heterocycles. The third kappa shape index (κ3) is 10.9. The highest BCUT2D eigenvalue weighted by molar-refractivity contribution is 7.45. The van der Waals surface area contributed by atoms with E-state index in [2.05, 4.69) is 39.3 Å². The number of hydrogen-bond donors (Lipinski definition) is 0. The number of hydrogen-bond acceptors (Lipinski definition) is 0. The Kier molecular flexibility index (Phi) is 4.53. The van der Waals surface area contributed by atoms with Crippen molar-refractivity contribution in [1.82, 2.24) is 0 Å². The van der Waals surface area contributed by atoms with Crippen LogP contribution in [-0.4, -0.2) is 27.7 Å². The van der Waals surface area contributed by atoms with Crippen LogP contribution in [0.5, 0.6) is 0 Å². The second kappa shape index (κ2) is 4.20. The third-order valence-electron chi connectivity index (χ3n) is 1.17. The van der Waals surface area contributed by atoms with E-state index in [4.69, 9.17) is 0 Å². The summed E-state index contributed by atoms with van der Waals surface area (Å²) in [5, 5.41) is 0. The third-order valence-corrected chi connectivity index (χ3v) is 10.6. The molecule has 0 aromatic heterocycles. The summed E-state index contributed by atoms with van der Waals surface area (Å²) in [5.74, 6) is 2.99. The van der Waals surface area contributed by atoms with Gasteiger partial charge in [-0.2, -0.15) is 0 Å². The summed E-state index contributed by atoms with van der Waals surface area (Å²) in [4.78, 5) is 0. The van der Waals surface area contributed by atoms with Crippen LogP contribution in [0.15, 0.2) is 0 Å². The molecule has 0 aliphatic rings. The Balaban J connectivity index is 3.44. The molecule has 0 atom stereocenters. The molecule has 0 spiro atoms. The van der Waals surface area contributed by atoms with E-state index >= 15 is 0 Å². The Morgan fingerprint density at radius 3 is 1.18 bits per heavy atom. The van der Waals surface area contributed by atoms with Gasteiger partial charge >= 0.3 is 0 Å². The maximum atomic E-state index is 2.46. The van der Waals surface area contributed by atoms with Gasteiger partial charge in [-0.25, -0.2) is 0 Å². The second-order valence-corrected chi connectivity index (χ2v) is 18.9. The molecule has 0 aromatic carbocycles. The highest BCUT2D eigenvalue weighted by atomic mass is 31.1. The molecule has 1 radical (unpaired) electrons. The summed E-state index contributed by atoms with van der Waals surface area (Å²) >= 11 is 0. The van der Waals surface area contributed by atoms with E-state index in [1.807, 2.05) is 0 Å². The Hall–Kier alpha value is 0.864. The molecular formula is C8H22PSi2. The lowest BCUT2D eigenvalue weighted by Crippen LogP contribution is -2.28. The predicted octanol–water partition coefficient (Wildman–Crippen LogP) is 3.69.